The van der Waals surface area contributed by atoms with Gasteiger partial charge in [-0.25, -0.2) is 0 Å². The number of hydrogen-bond donors (Lipinski definition) is 1. The smallest absolute Gasteiger partial charge is 0.326 e. The number of nitrogens with zero attached hydrogens (tertiary/aromatic N) is 1. The lowest BCUT2D eigenvalue weighted by molar-refractivity contribution is -0.151. The molecule has 2 rings (SSSR count). The van der Waals surface area contributed by atoms with Crippen molar-refractivity contribution >= 4 is 5.97 Å². The Morgan fingerprint density at radius 3 is 2.74 bits per heavy atom. The van der Waals surface area contributed by atoms with Gasteiger partial charge in [-0.2, -0.15) is 0 Å². The molecule has 5 heteroatoms. The van der Waals surface area contributed by atoms with E-state index in [1.165, 1.54) is 7.11 Å². The lowest BCUT2D eigenvalue weighted by atomic mass is 9.87. The number of likely N-dealkylation sites (tertiary alicyclic amines) is 1. The summed E-state index contributed by atoms with van der Waals surface area (Å²) in [6.07, 6.45) is 4.11. The van der Waals surface area contributed by atoms with Crippen LogP contribution in [0.15, 0.2) is 0 Å². The summed E-state index contributed by atoms with van der Waals surface area (Å²) < 4.78 is 10.6. The van der Waals surface area contributed by atoms with E-state index in [-0.39, 0.29) is 12.1 Å². The zero-order chi connectivity index (χ0) is 13.7. The van der Waals surface area contributed by atoms with E-state index in [0.29, 0.717) is 0 Å². The van der Waals surface area contributed by atoms with Gasteiger partial charge in [0.15, 0.2) is 0 Å². The molecule has 2 aliphatic heterocycles. The van der Waals surface area contributed by atoms with E-state index in [4.69, 9.17) is 9.47 Å². The van der Waals surface area contributed by atoms with Crippen molar-refractivity contribution in [2.45, 2.75) is 44.2 Å². The zero-order valence-corrected chi connectivity index (χ0v) is 12.1. The first kappa shape index (κ1) is 14.8. The van der Waals surface area contributed by atoms with Crippen molar-refractivity contribution in [3.05, 3.63) is 0 Å². The van der Waals surface area contributed by atoms with E-state index in [2.05, 4.69) is 17.1 Å². The maximum atomic E-state index is 12.1. The van der Waals surface area contributed by atoms with Crippen LogP contribution in [0, 0.1) is 0 Å². The molecule has 110 valence electrons. The molecule has 0 amide bonds. The molecule has 0 aromatic rings. The minimum Gasteiger partial charge on any atom is -0.468 e. The lowest BCUT2D eigenvalue weighted by Gasteiger charge is -2.40. The molecule has 0 radical (unpaired) electrons. The fourth-order valence-corrected chi connectivity index (χ4v) is 3.01. The second-order valence-electron chi connectivity index (χ2n) is 5.52. The first-order valence-electron chi connectivity index (χ1n) is 7.37. The molecule has 19 heavy (non-hydrogen) atoms. The third kappa shape index (κ3) is 3.46. The Morgan fingerprint density at radius 1 is 1.47 bits per heavy atom. The molecule has 0 aliphatic carbocycles. The highest BCUT2D eigenvalue weighted by atomic mass is 16.5. The largest absolute Gasteiger partial charge is 0.468 e. The van der Waals surface area contributed by atoms with Gasteiger partial charge >= 0.3 is 5.97 Å². The van der Waals surface area contributed by atoms with Crippen molar-refractivity contribution in [3.8, 4) is 0 Å². The summed E-state index contributed by atoms with van der Waals surface area (Å²) in [5.41, 5.74) is -0.508. The Labute approximate surface area is 115 Å². The average molecular weight is 270 g/mol. The molecule has 5 nitrogen and oxygen atoms in total. The summed E-state index contributed by atoms with van der Waals surface area (Å²) in [5, 5.41) is 3.45. The van der Waals surface area contributed by atoms with Crippen molar-refractivity contribution in [3.63, 3.8) is 0 Å². The molecule has 2 heterocycles. The van der Waals surface area contributed by atoms with Gasteiger partial charge in [-0.1, -0.05) is 6.92 Å². The molecule has 2 saturated heterocycles. The third-order valence-electron chi connectivity index (χ3n) is 4.43. The molecule has 2 aliphatic rings. The van der Waals surface area contributed by atoms with Crippen LogP contribution in [0.4, 0.5) is 0 Å². The van der Waals surface area contributed by atoms with Crippen molar-refractivity contribution in [1.82, 2.24) is 10.2 Å². The predicted molar refractivity (Wildman–Crippen MR) is 73.1 cm³/mol. The highest BCUT2D eigenvalue weighted by Crippen LogP contribution is 2.24. The molecule has 1 N–H and O–H groups in total. The predicted octanol–water partition coefficient (Wildman–Crippen LogP) is 0.783. The fourth-order valence-electron chi connectivity index (χ4n) is 3.01. The molecule has 0 bridgehead atoms. The van der Waals surface area contributed by atoms with Gasteiger partial charge in [-0.15, -0.1) is 0 Å². The molecular weight excluding hydrogens is 244 g/mol. The van der Waals surface area contributed by atoms with E-state index in [1.54, 1.807) is 0 Å². The standard InChI is InChI=1S/C14H26N2O3/c1-3-16-8-6-14(7-9-16,13(17)18-2)15-11-12-5-4-10-19-12/h12,15H,3-11H2,1-2H3. The van der Waals surface area contributed by atoms with Crippen LogP contribution in [0.1, 0.15) is 32.6 Å². The van der Waals surface area contributed by atoms with Gasteiger partial charge < -0.3 is 14.4 Å². The van der Waals surface area contributed by atoms with Gasteiger partial charge in [-0.05, 0) is 32.2 Å². The summed E-state index contributed by atoms with van der Waals surface area (Å²) in [4.78, 5) is 14.5. The topological polar surface area (TPSA) is 50.8 Å². The van der Waals surface area contributed by atoms with Gasteiger partial charge in [0.1, 0.15) is 5.54 Å². The summed E-state index contributed by atoms with van der Waals surface area (Å²) in [6, 6.07) is 0. The van der Waals surface area contributed by atoms with E-state index < -0.39 is 5.54 Å². The maximum absolute atomic E-state index is 12.1. The number of hydrogen-bond acceptors (Lipinski definition) is 5. The number of methoxy groups -OCH3 is 1. The van der Waals surface area contributed by atoms with Gasteiger partial charge in [0.2, 0.25) is 0 Å². The Balaban J connectivity index is 1.93. The minimum absolute atomic E-state index is 0.124. The van der Waals surface area contributed by atoms with E-state index >= 15 is 0 Å². The van der Waals surface area contributed by atoms with Gasteiger partial charge in [-0.3, -0.25) is 10.1 Å². The second-order valence-corrected chi connectivity index (χ2v) is 5.52. The number of nitrogens with one attached hydrogen (secondary N) is 1. The summed E-state index contributed by atoms with van der Waals surface area (Å²) >= 11 is 0. The van der Waals surface area contributed by atoms with Gasteiger partial charge in [0.05, 0.1) is 13.2 Å². The number of piperidine rings is 1. The Hall–Kier alpha value is -0.650. The molecule has 0 spiro atoms. The van der Waals surface area contributed by atoms with Crippen molar-refractivity contribution in [2.75, 3.05) is 39.9 Å². The SMILES string of the molecule is CCN1CCC(NCC2CCCO2)(C(=O)OC)CC1. The van der Waals surface area contributed by atoms with Crippen molar-refractivity contribution < 1.29 is 14.3 Å². The summed E-state index contributed by atoms with van der Waals surface area (Å²) in [7, 11) is 1.48. The number of esters is 1. The highest BCUT2D eigenvalue weighted by Gasteiger charge is 2.42. The van der Waals surface area contributed by atoms with E-state index in [9.17, 15) is 4.79 Å². The first-order valence-corrected chi connectivity index (χ1v) is 7.37. The van der Waals surface area contributed by atoms with Crippen LogP contribution in [-0.2, 0) is 14.3 Å². The van der Waals surface area contributed by atoms with Crippen LogP contribution in [0.2, 0.25) is 0 Å². The molecule has 0 aromatic heterocycles. The lowest BCUT2D eigenvalue weighted by Crippen LogP contribution is -2.60. The Morgan fingerprint density at radius 2 is 2.21 bits per heavy atom. The number of ether oxygens (including phenoxy) is 2. The molecule has 0 saturated carbocycles. The molecule has 1 unspecified atom stereocenters. The average Bonchev–Trinajstić information content (AvgIpc) is 2.98. The van der Waals surface area contributed by atoms with Gasteiger partial charge in [0.25, 0.3) is 0 Å². The van der Waals surface area contributed by atoms with E-state index in [0.717, 1.165) is 58.5 Å². The molecule has 1 atom stereocenters. The Bertz CT molecular complexity index is 295. The Kier molecular flexibility index (Phi) is 5.19. The second kappa shape index (κ2) is 6.68. The number of rotatable bonds is 5. The highest BCUT2D eigenvalue weighted by molar-refractivity contribution is 5.81. The van der Waals surface area contributed by atoms with Crippen molar-refractivity contribution in [2.24, 2.45) is 0 Å². The van der Waals surface area contributed by atoms with Crippen LogP contribution in [0.3, 0.4) is 0 Å². The zero-order valence-electron chi connectivity index (χ0n) is 12.1. The van der Waals surface area contributed by atoms with Crippen LogP contribution in [-0.4, -0.2) is 62.4 Å². The van der Waals surface area contributed by atoms with Gasteiger partial charge in [0, 0.05) is 26.2 Å². The molecular formula is C14H26N2O3. The van der Waals surface area contributed by atoms with Crippen LogP contribution in [0.25, 0.3) is 0 Å². The molecule has 0 aromatic carbocycles. The quantitative estimate of drug-likeness (QED) is 0.748. The molecule has 2 fully saturated rings. The van der Waals surface area contributed by atoms with E-state index in [1.807, 2.05) is 0 Å². The van der Waals surface area contributed by atoms with Crippen LogP contribution < -0.4 is 5.32 Å². The van der Waals surface area contributed by atoms with Crippen molar-refractivity contribution in [1.29, 1.82) is 0 Å². The first-order chi connectivity index (χ1) is 9.20. The third-order valence-corrected chi connectivity index (χ3v) is 4.43. The number of carbonyl (C=O) groups is 1. The normalized spacial score (nSPS) is 27.4. The van der Waals surface area contributed by atoms with Crippen LogP contribution in [0.5, 0.6) is 0 Å². The van der Waals surface area contributed by atoms with Crippen LogP contribution >= 0.6 is 0 Å². The summed E-state index contributed by atoms with van der Waals surface area (Å²) in [5.74, 6) is -0.124. The monoisotopic (exact) mass is 270 g/mol. The maximum Gasteiger partial charge on any atom is 0.326 e. The number of carbonyl (C=O) groups excluding carboxylic acids is 1. The minimum atomic E-state index is -0.508. The fraction of sp³-hybridized carbons (Fsp3) is 0.929. The summed E-state index contributed by atoms with van der Waals surface area (Å²) in [6.45, 7) is 6.70.